The van der Waals surface area contributed by atoms with Crippen molar-refractivity contribution in [2.75, 3.05) is 6.61 Å². The quantitative estimate of drug-likeness (QED) is 0.543. The van der Waals surface area contributed by atoms with Crippen molar-refractivity contribution < 1.29 is 5.11 Å². The maximum atomic E-state index is 9.53. The summed E-state index contributed by atoms with van der Waals surface area (Å²) in [5, 5.41) is 9.53. The van der Waals surface area contributed by atoms with Crippen molar-refractivity contribution >= 4 is 0 Å². The lowest BCUT2D eigenvalue weighted by Crippen LogP contribution is -2.40. The van der Waals surface area contributed by atoms with Gasteiger partial charge in [-0.1, -0.05) is 70.6 Å². The van der Waals surface area contributed by atoms with Crippen molar-refractivity contribution in [1.82, 2.24) is 0 Å². The van der Waals surface area contributed by atoms with Crippen LogP contribution in [0.15, 0.2) is 18.2 Å². The third kappa shape index (κ3) is 5.57. The van der Waals surface area contributed by atoms with Crippen molar-refractivity contribution in [3.05, 3.63) is 34.9 Å². The lowest BCUT2D eigenvalue weighted by molar-refractivity contribution is 0.198. The molecule has 4 atom stereocenters. The van der Waals surface area contributed by atoms with Crippen LogP contribution in [0.1, 0.15) is 101 Å². The molecule has 0 spiro atoms. The molecule has 0 aromatic heterocycles. The number of aliphatic hydroxyl groups is 1. The topological polar surface area (TPSA) is 46.2 Å². The summed E-state index contributed by atoms with van der Waals surface area (Å²) in [6.07, 6.45) is 15.3. The number of rotatable bonds is 9. The standard InChI is InChI=1S/C25H41NO/c1-3-6-19(2)7-4-5-8-20-9-10-22-16-23(12-11-21(22)15-20)24-13-14-25(26,17-24)18-27/h11-12,16,19-20,24,27H,3-10,13-15,17-18,26H2,1-2H3/t19?,20-,24-,25+/m0/s1. The van der Waals surface area contributed by atoms with Crippen LogP contribution in [-0.2, 0) is 12.8 Å². The zero-order valence-electron chi connectivity index (χ0n) is 17.7. The Morgan fingerprint density at radius 1 is 1.19 bits per heavy atom. The smallest absolute Gasteiger partial charge is 0.0611 e. The zero-order chi connectivity index (χ0) is 19.3. The van der Waals surface area contributed by atoms with Gasteiger partial charge in [0.05, 0.1) is 6.61 Å². The van der Waals surface area contributed by atoms with E-state index in [0.29, 0.717) is 5.92 Å². The first kappa shape index (κ1) is 20.9. The van der Waals surface area contributed by atoms with E-state index in [-0.39, 0.29) is 12.1 Å². The molecule has 0 heterocycles. The SMILES string of the molecule is CCCC(C)CCCC[C@H]1CCc2cc([C@H]3CC[C@](N)(CO)C3)ccc2C1. The van der Waals surface area contributed by atoms with Gasteiger partial charge in [-0.3, -0.25) is 0 Å². The molecule has 3 rings (SSSR count). The predicted molar refractivity (Wildman–Crippen MR) is 115 cm³/mol. The van der Waals surface area contributed by atoms with E-state index in [1.165, 1.54) is 63.4 Å². The van der Waals surface area contributed by atoms with Crippen LogP contribution in [0.4, 0.5) is 0 Å². The number of fused-ring (bicyclic) bond motifs is 1. The second-order valence-corrected chi connectivity index (χ2v) is 9.78. The third-order valence-electron chi connectivity index (χ3n) is 7.33. The Kier molecular flexibility index (Phi) is 7.39. The molecule has 1 aromatic rings. The number of unbranched alkanes of at least 4 members (excludes halogenated alkanes) is 1. The van der Waals surface area contributed by atoms with Gasteiger partial charge in [-0.15, -0.1) is 0 Å². The molecular formula is C25H41NO. The number of aliphatic hydroxyl groups excluding tert-OH is 1. The average molecular weight is 372 g/mol. The van der Waals surface area contributed by atoms with Crippen molar-refractivity contribution in [3.8, 4) is 0 Å². The van der Waals surface area contributed by atoms with E-state index in [4.69, 9.17) is 5.73 Å². The molecule has 2 aliphatic rings. The van der Waals surface area contributed by atoms with Gasteiger partial charge < -0.3 is 10.8 Å². The maximum absolute atomic E-state index is 9.53. The van der Waals surface area contributed by atoms with Crippen LogP contribution in [0.5, 0.6) is 0 Å². The third-order valence-corrected chi connectivity index (χ3v) is 7.33. The summed E-state index contributed by atoms with van der Waals surface area (Å²) < 4.78 is 0. The zero-order valence-corrected chi connectivity index (χ0v) is 17.7. The van der Waals surface area contributed by atoms with E-state index in [9.17, 15) is 5.11 Å². The maximum Gasteiger partial charge on any atom is 0.0611 e. The monoisotopic (exact) mass is 371 g/mol. The van der Waals surface area contributed by atoms with Gasteiger partial charge in [0, 0.05) is 5.54 Å². The molecule has 152 valence electrons. The van der Waals surface area contributed by atoms with Gasteiger partial charge in [0.15, 0.2) is 0 Å². The van der Waals surface area contributed by atoms with Crippen LogP contribution in [0.2, 0.25) is 0 Å². The van der Waals surface area contributed by atoms with Gasteiger partial charge >= 0.3 is 0 Å². The summed E-state index contributed by atoms with van der Waals surface area (Å²) in [7, 11) is 0. The van der Waals surface area contributed by atoms with Crippen molar-refractivity contribution in [2.24, 2.45) is 17.6 Å². The molecule has 2 heteroatoms. The fourth-order valence-corrected chi connectivity index (χ4v) is 5.50. The summed E-state index contributed by atoms with van der Waals surface area (Å²) in [6.45, 7) is 4.83. The van der Waals surface area contributed by atoms with Crippen LogP contribution in [0.3, 0.4) is 0 Å². The number of hydrogen-bond donors (Lipinski definition) is 2. The fourth-order valence-electron chi connectivity index (χ4n) is 5.50. The van der Waals surface area contributed by atoms with E-state index in [2.05, 4.69) is 32.0 Å². The van der Waals surface area contributed by atoms with E-state index in [1.807, 2.05) is 0 Å². The van der Waals surface area contributed by atoms with Crippen LogP contribution < -0.4 is 5.73 Å². The van der Waals surface area contributed by atoms with E-state index in [1.54, 1.807) is 11.1 Å². The van der Waals surface area contributed by atoms with E-state index in [0.717, 1.165) is 31.1 Å². The van der Waals surface area contributed by atoms with Crippen LogP contribution >= 0.6 is 0 Å². The molecule has 0 bridgehead atoms. The Bertz CT molecular complexity index is 598. The van der Waals surface area contributed by atoms with Gasteiger partial charge in [0.2, 0.25) is 0 Å². The molecule has 0 saturated heterocycles. The Labute approximate surface area is 166 Å². The first-order valence-corrected chi connectivity index (χ1v) is 11.5. The number of aryl methyl sites for hydroxylation is 1. The first-order chi connectivity index (χ1) is 13.0. The van der Waals surface area contributed by atoms with Crippen molar-refractivity contribution in [1.29, 1.82) is 0 Å². The number of nitrogens with two attached hydrogens (primary N) is 1. The molecule has 1 fully saturated rings. The highest BCUT2D eigenvalue weighted by Crippen LogP contribution is 2.41. The lowest BCUT2D eigenvalue weighted by atomic mass is 9.79. The van der Waals surface area contributed by atoms with Crippen LogP contribution in [0, 0.1) is 11.8 Å². The van der Waals surface area contributed by atoms with Gasteiger partial charge in [0.25, 0.3) is 0 Å². The molecule has 2 aliphatic carbocycles. The molecule has 0 radical (unpaired) electrons. The molecule has 1 unspecified atom stereocenters. The van der Waals surface area contributed by atoms with Gasteiger partial charge in [-0.25, -0.2) is 0 Å². The van der Waals surface area contributed by atoms with Gasteiger partial charge in [-0.2, -0.15) is 0 Å². The first-order valence-electron chi connectivity index (χ1n) is 11.5. The average Bonchev–Trinajstić information content (AvgIpc) is 3.08. The number of benzene rings is 1. The Morgan fingerprint density at radius 2 is 2.04 bits per heavy atom. The summed E-state index contributed by atoms with van der Waals surface area (Å²) in [6, 6.07) is 7.21. The molecule has 0 aliphatic heterocycles. The second kappa shape index (κ2) is 9.56. The largest absolute Gasteiger partial charge is 0.394 e. The second-order valence-electron chi connectivity index (χ2n) is 9.78. The molecule has 0 amide bonds. The molecule has 1 aromatic carbocycles. The molecular weight excluding hydrogens is 330 g/mol. The molecule has 3 N–H and O–H groups in total. The highest BCUT2D eigenvalue weighted by molar-refractivity contribution is 5.36. The molecule has 2 nitrogen and oxygen atoms in total. The summed E-state index contributed by atoms with van der Waals surface area (Å²) in [4.78, 5) is 0. The highest BCUT2D eigenvalue weighted by Gasteiger charge is 2.36. The minimum absolute atomic E-state index is 0.118. The van der Waals surface area contributed by atoms with Gasteiger partial charge in [-0.05, 0) is 73.0 Å². The van der Waals surface area contributed by atoms with Crippen LogP contribution in [0.25, 0.3) is 0 Å². The Hall–Kier alpha value is -0.860. The van der Waals surface area contributed by atoms with Crippen LogP contribution in [-0.4, -0.2) is 17.3 Å². The highest BCUT2D eigenvalue weighted by atomic mass is 16.3. The minimum atomic E-state index is -0.347. The van der Waals surface area contributed by atoms with Gasteiger partial charge in [0.1, 0.15) is 0 Å². The molecule has 1 saturated carbocycles. The molecule has 27 heavy (non-hydrogen) atoms. The Morgan fingerprint density at radius 3 is 2.78 bits per heavy atom. The fraction of sp³-hybridized carbons (Fsp3) is 0.760. The van der Waals surface area contributed by atoms with E-state index < -0.39 is 0 Å². The summed E-state index contributed by atoms with van der Waals surface area (Å²) >= 11 is 0. The number of hydrogen-bond acceptors (Lipinski definition) is 2. The predicted octanol–water partition coefficient (Wildman–Crippen LogP) is 5.75. The lowest BCUT2D eigenvalue weighted by Gasteiger charge is -2.26. The van der Waals surface area contributed by atoms with Crippen molar-refractivity contribution in [3.63, 3.8) is 0 Å². The Balaban J connectivity index is 1.48. The summed E-state index contributed by atoms with van der Waals surface area (Å²) in [5.41, 5.74) is 10.6. The van der Waals surface area contributed by atoms with Crippen molar-refractivity contribution in [2.45, 2.75) is 102 Å². The minimum Gasteiger partial charge on any atom is -0.394 e. The van der Waals surface area contributed by atoms with E-state index >= 15 is 0 Å². The summed E-state index contributed by atoms with van der Waals surface area (Å²) in [5.74, 6) is 2.34. The normalized spacial score (nSPS) is 28.9.